The number of hydrogen-bond donors (Lipinski definition) is 2. The van der Waals surface area contributed by atoms with E-state index in [4.69, 9.17) is 5.73 Å². The molecular weight excluding hydrogens is 351 g/mol. The Hall–Kier alpha value is -3.43. The highest BCUT2D eigenvalue weighted by Crippen LogP contribution is 2.29. The highest BCUT2D eigenvalue weighted by molar-refractivity contribution is 5.98. The van der Waals surface area contributed by atoms with E-state index in [1.54, 1.807) is 30.3 Å². The Morgan fingerprint density at radius 1 is 1.23 bits per heavy atom. The van der Waals surface area contributed by atoms with Crippen LogP contribution in [0, 0.1) is 0 Å². The van der Waals surface area contributed by atoms with Crippen LogP contribution in [0.2, 0.25) is 0 Å². The molecule has 0 aliphatic heterocycles. The van der Waals surface area contributed by atoms with Crippen molar-refractivity contribution in [2.75, 3.05) is 5.32 Å². The number of aromatic nitrogens is 3. The molecule has 1 amide bonds. The standard InChI is InChI=1S/C16H12F3N5O2.H2/c17-16(18,19)15-23-14(24-26-15)9-5-6-10(21-7-9)8-22-12-4-2-1-3-11(12)13(20)25;/h1-7,22H,8H2,(H2,20,25);1H. The minimum Gasteiger partial charge on any atom is -0.379 e. The molecule has 0 saturated heterocycles. The van der Waals surface area contributed by atoms with Crippen molar-refractivity contribution in [3.05, 3.63) is 59.7 Å². The molecule has 26 heavy (non-hydrogen) atoms. The zero-order chi connectivity index (χ0) is 18.7. The fourth-order valence-electron chi connectivity index (χ4n) is 2.16. The van der Waals surface area contributed by atoms with Gasteiger partial charge in [-0.25, -0.2) is 0 Å². The largest absolute Gasteiger partial charge is 0.471 e. The fourth-order valence-corrected chi connectivity index (χ4v) is 2.16. The molecule has 0 radical (unpaired) electrons. The molecule has 3 aromatic rings. The summed E-state index contributed by atoms with van der Waals surface area (Å²) in [5, 5.41) is 6.33. The third-order valence-corrected chi connectivity index (χ3v) is 3.40. The summed E-state index contributed by atoms with van der Waals surface area (Å²) < 4.78 is 41.6. The van der Waals surface area contributed by atoms with Gasteiger partial charge in [0.2, 0.25) is 5.82 Å². The van der Waals surface area contributed by atoms with Gasteiger partial charge in [0.15, 0.2) is 0 Å². The topological polar surface area (TPSA) is 107 Å². The number of carbonyl (C=O) groups is 1. The molecule has 1 aromatic carbocycles. The number of primary amides is 1. The van der Waals surface area contributed by atoms with Crippen molar-refractivity contribution in [2.45, 2.75) is 12.7 Å². The molecule has 0 atom stereocenters. The Morgan fingerprint density at radius 2 is 2.00 bits per heavy atom. The number of alkyl halides is 3. The minimum absolute atomic E-state index is 0. The van der Waals surface area contributed by atoms with Gasteiger partial charge in [-0.3, -0.25) is 9.78 Å². The van der Waals surface area contributed by atoms with E-state index < -0.39 is 18.0 Å². The minimum atomic E-state index is -4.70. The number of rotatable bonds is 5. The third kappa shape index (κ3) is 3.79. The molecule has 0 aliphatic rings. The van der Waals surface area contributed by atoms with Crippen LogP contribution in [0.3, 0.4) is 0 Å². The average molecular weight is 365 g/mol. The van der Waals surface area contributed by atoms with Gasteiger partial charge in [0, 0.05) is 18.9 Å². The monoisotopic (exact) mass is 365 g/mol. The van der Waals surface area contributed by atoms with Gasteiger partial charge in [-0.05, 0) is 24.3 Å². The molecule has 7 nitrogen and oxygen atoms in total. The van der Waals surface area contributed by atoms with Crippen LogP contribution < -0.4 is 11.1 Å². The maximum absolute atomic E-state index is 12.5. The predicted octanol–water partition coefficient (Wildman–Crippen LogP) is 3.11. The quantitative estimate of drug-likeness (QED) is 0.719. The second-order valence-electron chi connectivity index (χ2n) is 5.22. The van der Waals surface area contributed by atoms with Crippen molar-refractivity contribution >= 4 is 11.6 Å². The van der Waals surface area contributed by atoms with Crippen LogP contribution in [0.5, 0.6) is 0 Å². The Balaban J connectivity index is 0.00000261. The Bertz CT molecular complexity index is 928. The molecule has 3 N–H and O–H groups in total. The van der Waals surface area contributed by atoms with Gasteiger partial charge in [0.25, 0.3) is 5.91 Å². The Morgan fingerprint density at radius 3 is 2.62 bits per heavy atom. The molecule has 0 spiro atoms. The molecule has 10 heteroatoms. The van der Waals surface area contributed by atoms with Crippen LogP contribution in [0.15, 0.2) is 47.1 Å². The van der Waals surface area contributed by atoms with Crippen molar-refractivity contribution in [3.63, 3.8) is 0 Å². The van der Waals surface area contributed by atoms with Crippen LogP contribution in [0.25, 0.3) is 11.4 Å². The summed E-state index contributed by atoms with van der Waals surface area (Å²) in [6.07, 6.45) is -3.36. The zero-order valence-corrected chi connectivity index (χ0v) is 13.1. The first-order valence-electron chi connectivity index (χ1n) is 7.33. The highest BCUT2D eigenvalue weighted by Gasteiger charge is 2.38. The SMILES string of the molecule is NC(=O)c1ccccc1NCc1ccc(-c2noc(C(F)(F)F)n2)cn1.[HH]. The van der Waals surface area contributed by atoms with E-state index >= 15 is 0 Å². The van der Waals surface area contributed by atoms with Gasteiger partial charge in [0.05, 0.1) is 17.8 Å². The molecule has 136 valence electrons. The first kappa shape index (κ1) is 17.4. The van der Waals surface area contributed by atoms with E-state index in [0.29, 0.717) is 16.9 Å². The molecule has 0 bridgehead atoms. The highest BCUT2D eigenvalue weighted by atomic mass is 19.4. The molecule has 0 aliphatic carbocycles. The molecule has 0 fully saturated rings. The van der Waals surface area contributed by atoms with Crippen molar-refractivity contribution in [1.29, 1.82) is 0 Å². The maximum Gasteiger partial charge on any atom is 0.471 e. The summed E-state index contributed by atoms with van der Waals surface area (Å²) >= 11 is 0. The number of nitrogens with two attached hydrogens (primary N) is 1. The number of para-hydroxylation sites is 1. The normalized spacial score (nSPS) is 11.3. The van der Waals surface area contributed by atoms with Gasteiger partial charge in [-0.2, -0.15) is 18.2 Å². The number of halogens is 3. The number of pyridine rings is 1. The summed E-state index contributed by atoms with van der Waals surface area (Å²) in [4.78, 5) is 18.8. The van der Waals surface area contributed by atoms with E-state index in [-0.39, 0.29) is 19.4 Å². The number of benzene rings is 1. The number of anilines is 1. The third-order valence-electron chi connectivity index (χ3n) is 3.40. The summed E-state index contributed by atoms with van der Waals surface area (Å²) in [7, 11) is 0. The van der Waals surface area contributed by atoms with Gasteiger partial charge >= 0.3 is 12.1 Å². The van der Waals surface area contributed by atoms with Crippen LogP contribution >= 0.6 is 0 Å². The van der Waals surface area contributed by atoms with Gasteiger partial charge in [-0.15, -0.1) is 0 Å². The van der Waals surface area contributed by atoms with Crippen molar-refractivity contribution in [3.8, 4) is 11.4 Å². The fraction of sp³-hybridized carbons (Fsp3) is 0.125. The van der Waals surface area contributed by atoms with Gasteiger partial charge in [0.1, 0.15) is 0 Å². The van der Waals surface area contributed by atoms with Crippen molar-refractivity contribution in [2.24, 2.45) is 5.73 Å². The van der Waals surface area contributed by atoms with E-state index in [2.05, 4.69) is 25.0 Å². The lowest BCUT2D eigenvalue weighted by atomic mass is 10.1. The summed E-state index contributed by atoms with van der Waals surface area (Å²) in [5.41, 5.74) is 7.07. The molecule has 0 saturated carbocycles. The lowest BCUT2D eigenvalue weighted by Gasteiger charge is -2.09. The molecule has 0 unspecified atom stereocenters. The van der Waals surface area contributed by atoms with Crippen molar-refractivity contribution < 1.29 is 23.9 Å². The van der Waals surface area contributed by atoms with E-state index in [0.717, 1.165) is 0 Å². The Labute approximate surface area is 146 Å². The van der Waals surface area contributed by atoms with Crippen LogP contribution in [-0.4, -0.2) is 21.0 Å². The number of nitrogens with zero attached hydrogens (tertiary/aromatic N) is 3. The first-order chi connectivity index (χ1) is 12.3. The second-order valence-corrected chi connectivity index (χ2v) is 5.22. The molecular formula is C16H14F3N5O2. The summed E-state index contributed by atoms with van der Waals surface area (Å²) in [6.45, 7) is 0.282. The van der Waals surface area contributed by atoms with E-state index in [1.807, 2.05) is 0 Å². The van der Waals surface area contributed by atoms with Gasteiger partial charge in [-0.1, -0.05) is 17.3 Å². The lowest BCUT2D eigenvalue weighted by molar-refractivity contribution is -0.159. The molecule has 2 aromatic heterocycles. The van der Waals surface area contributed by atoms with Crippen molar-refractivity contribution in [1.82, 2.24) is 15.1 Å². The molecule has 2 heterocycles. The van der Waals surface area contributed by atoms with E-state index in [9.17, 15) is 18.0 Å². The summed E-state index contributed by atoms with van der Waals surface area (Å²) in [6, 6.07) is 9.86. The smallest absolute Gasteiger partial charge is 0.379 e. The Kier molecular flexibility index (Phi) is 4.57. The van der Waals surface area contributed by atoms with Crippen LogP contribution in [0.1, 0.15) is 23.4 Å². The lowest BCUT2D eigenvalue weighted by Crippen LogP contribution is -2.14. The number of hydrogen-bond acceptors (Lipinski definition) is 6. The number of carbonyl (C=O) groups excluding carboxylic acids is 1. The van der Waals surface area contributed by atoms with E-state index in [1.165, 1.54) is 12.3 Å². The maximum atomic E-state index is 12.5. The second kappa shape index (κ2) is 6.82. The van der Waals surface area contributed by atoms with Gasteiger partial charge < -0.3 is 15.6 Å². The number of amides is 1. The number of nitrogens with one attached hydrogen (secondary N) is 1. The predicted molar refractivity (Wildman–Crippen MR) is 86.9 cm³/mol. The summed E-state index contributed by atoms with van der Waals surface area (Å²) in [5.74, 6) is -2.18. The molecule has 3 rings (SSSR count). The van der Waals surface area contributed by atoms with Crippen LogP contribution in [0.4, 0.5) is 18.9 Å². The first-order valence-corrected chi connectivity index (χ1v) is 7.33. The zero-order valence-electron chi connectivity index (χ0n) is 13.1. The van der Waals surface area contributed by atoms with Crippen LogP contribution in [-0.2, 0) is 12.7 Å². The average Bonchev–Trinajstić information content (AvgIpc) is 3.11.